The third-order valence-corrected chi connectivity index (χ3v) is 3.63. The summed E-state index contributed by atoms with van der Waals surface area (Å²) >= 11 is 3.38. The molecule has 1 atom stereocenters. The number of rotatable bonds is 7. The Morgan fingerprint density at radius 3 is 2.72 bits per heavy atom. The Morgan fingerprint density at radius 2 is 2.06 bits per heavy atom. The highest BCUT2D eigenvalue weighted by atomic mass is 79.9. The zero-order chi connectivity index (χ0) is 13.4. The van der Waals surface area contributed by atoms with Crippen molar-refractivity contribution in [2.75, 3.05) is 5.32 Å². The number of para-hydroxylation sites is 2. The van der Waals surface area contributed by atoms with Gasteiger partial charge < -0.3 is 10.4 Å². The number of anilines is 1. The fourth-order valence-corrected chi connectivity index (χ4v) is 2.11. The molecule has 3 nitrogen and oxygen atoms in total. The van der Waals surface area contributed by atoms with Crippen LogP contribution in [0.5, 0.6) is 5.75 Å². The molecular weight excluding hydrogens is 294 g/mol. The molecule has 0 aliphatic heterocycles. The molecule has 18 heavy (non-hydrogen) atoms. The van der Waals surface area contributed by atoms with Gasteiger partial charge in [0.15, 0.2) is 0 Å². The topological polar surface area (TPSA) is 49.3 Å². The summed E-state index contributed by atoms with van der Waals surface area (Å²) < 4.78 is 0. The first-order valence-corrected chi connectivity index (χ1v) is 7.29. The van der Waals surface area contributed by atoms with Gasteiger partial charge in [-0.25, -0.2) is 0 Å². The summed E-state index contributed by atoms with van der Waals surface area (Å²) in [5, 5.41) is 12.3. The second-order valence-electron chi connectivity index (χ2n) is 4.32. The SMILES string of the molecule is CCCCCC[C@H](Br)C(=O)Nc1ccccc1O. The van der Waals surface area contributed by atoms with Crippen LogP contribution in [0.25, 0.3) is 0 Å². The number of alkyl halides is 1. The van der Waals surface area contributed by atoms with Crippen molar-refractivity contribution < 1.29 is 9.90 Å². The molecule has 1 amide bonds. The third kappa shape index (κ3) is 5.08. The van der Waals surface area contributed by atoms with Crippen molar-refractivity contribution in [1.82, 2.24) is 0 Å². The van der Waals surface area contributed by atoms with Gasteiger partial charge in [-0.2, -0.15) is 0 Å². The van der Waals surface area contributed by atoms with Crippen molar-refractivity contribution in [3.8, 4) is 5.75 Å². The van der Waals surface area contributed by atoms with Gasteiger partial charge in [0.1, 0.15) is 5.75 Å². The molecule has 0 saturated carbocycles. The Hall–Kier alpha value is -1.03. The standard InChI is InChI=1S/C14H20BrNO2/c1-2-3-4-5-8-11(15)14(18)16-12-9-6-7-10-13(12)17/h6-7,9-11,17H,2-5,8H2,1H3,(H,16,18)/t11-/m0/s1. The summed E-state index contributed by atoms with van der Waals surface area (Å²) in [5.41, 5.74) is 0.459. The molecule has 0 aliphatic rings. The lowest BCUT2D eigenvalue weighted by Gasteiger charge is -2.11. The highest BCUT2D eigenvalue weighted by Gasteiger charge is 2.15. The minimum absolute atomic E-state index is 0.0940. The van der Waals surface area contributed by atoms with Gasteiger partial charge in [0.25, 0.3) is 0 Å². The van der Waals surface area contributed by atoms with E-state index in [0.717, 1.165) is 19.3 Å². The van der Waals surface area contributed by atoms with E-state index in [1.807, 2.05) is 0 Å². The Morgan fingerprint density at radius 1 is 1.33 bits per heavy atom. The number of carbonyl (C=O) groups is 1. The molecule has 2 N–H and O–H groups in total. The van der Waals surface area contributed by atoms with Crippen LogP contribution in [0.15, 0.2) is 24.3 Å². The van der Waals surface area contributed by atoms with Crippen LogP contribution >= 0.6 is 15.9 Å². The lowest BCUT2D eigenvalue weighted by atomic mass is 10.1. The average molecular weight is 314 g/mol. The highest BCUT2D eigenvalue weighted by Crippen LogP contribution is 2.23. The predicted molar refractivity (Wildman–Crippen MR) is 78.2 cm³/mol. The Bertz CT molecular complexity index is 382. The summed E-state index contributed by atoms with van der Waals surface area (Å²) in [5.74, 6) is -0.00969. The number of hydrogen-bond acceptors (Lipinski definition) is 2. The zero-order valence-corrected chi connectivity index (χ0v) is 12.2. The number of unbranched alkanes of at least 4 members (excludes halogenated alkanes) is 3. The molecule has 0 heterocycles. The van der Waals surface area contributed by atoms with Crippen molar-refractivity contribution in [3.05, 3.63) is 24.3 Å². The van der Waals surface area contributed by atoms with Crippen LogP contribution in [0.4, 0.5) is 5.69 Å². The van der Waals surface area contributed by atoms with Crippen LogP contribution in [0.1, 0.15) is 39.0 Å². The summed E-state index contributed by atoms with van der Waals surface area (Å²) in [6, 6.07) is 6.74. The van der Waals surface area contributed by atoms with Crippen molar-refractivity contribution in [2.24, 2.45) is 0 Å². The maximum absolute atomic E-state index is 11.9. The third-order valence-electron chi connectivity index (χ3n) is 2.76. The van der Waals surface area contributed by atoms with Crippen LogP contribution in [-0.2, 0) is 4.79 Å². The van der Waals surface area contributed by atoms with Crippen molar-refractivity contribution >= 4 is 27.5 Å². The fourth-order valence-electron chi connectivity index (χ4n) is 1.67. The number of nitrogens with one attached hydrogen (secondary N) is 1. The van der Waals surface area contributed by atoms with Crippen LogP contribution in [0.2, 0.25) is 0 Å². The van der Waals surface area contributed by atoms with Gasteiger partial charge >= 0.3 is 0 Å². The number of phenolic OH excluding ortho intramolecular Hbond substituents is 1. The van der Waals surface area contributed by atoms with E-state index >= 15 is 0 Å². The molecule has 0 unspecified atom stereocenters. The van der Waals surface area contributed by atoms with Crippen LogP contribution in [0.3, 0.4) is 0 Å². The number of benzene rings is 1. The van der Waals surface area contributed by atoms with Gasteiger partial charge in [-0.15, -0.1) is 0 Å². The average Bonchev–Trinajstić information content (AvgIpc) is 2.37. The molecule has 0 radical (unpaired) electrons. The number of carbonyl (C=O) groups excluding carboxylic acids is 1. The summed E-state index contributed by atoms with van der Waals surface area (Å²) in [6.07, 6.45) is 5.41. The molecule has 100 valence electrons. The van der Waals surface area contributed by atoms with E-state index in [-0.39, 0.29) is 16.5 Å². The normalized spacial score (nSPS) is 12.1. The Balaban J connectivity index is 2.38. The van der Waals surface area contributed by atoms with E-state index in [2.05, 4.69) is 28.2 Å². The van der Waals surface area contributed by atoms with Gasteiger partial charge in [0.05, 0.1) is 10.5 Å². The van der Waals surface area contributed by atoms with E-state index in [4.69, 9.17) is 0 Å². The quantitative estimate of drug-likeness (QED) is 0.453. The van der Waals surface area contributed by atoms with Crippen molar-refractivity contribution in [1.29, 1.82) is 0 Å². The van der Waals surface area contributed by atoms with Crippen molar-refractivity contribution in [2.45, 2.75) is 43.9 Å². The summed E-state index contributed by atoms with van der Waals surface area (Å²) in [4.78, 5) is 11.7. The number of phenols is 1. The maximum atomic E-state index is 11.9. The van der Waals surface area contributed by atoms with Gasteiger partial charge in [0, 0.05) is 0 Å². The molecule has 0 saturated heterocycles. The minimum atomic E-state index is -0.200. The molecule has 1 rings (SSSR count). The van der Waals surface area contributed by atoms with Gasteiger partial charge in [-0.05, 0) is 18.6 Å². The first kappa shape index (κ1) is 15.0. The fraction of sp³-hybridized carbons (Fsp3) is 0.500. The second kappa shape index (κ2) is 8.14. The lowest BCUT2D eigenvalue weighted by Crippen LogP contribution is -2.22. The molecule has 0 fully saturated rings. The van der Waals surface area contributed by atoms with E-state index in [0.29, 0.717) is 5.69 Å². The number of halogens is 1. The second-order valence-corrected chi connectivity index (χ2v) is 5.43. The monoisotopic (exact) mass is 313 g/mol. The molecule has 1 aromatic carbocycles. The molecule has 0 aliphatic carbocycles. The van der Waals surface area contributed by atoms with E-state index < -0.39 is 0 Å². The number of hydrogen-bond donors (Lipinski definition) is 2. The lowest BCUT2D eigenvalue weighted by molar-refractivity contribution is -0.115. The van der Waals surface area contributed by atoms with Gasteiger partial charge in [-0.3, -0.25) is 4.79 Å². The van der Waals surface area contributed by atoms with E-state index in [1.54, 1.807) is 24.3 Å². The minimum Gasteiger partial charge on any atom is -0.506 e. The van der Waals surface area contributed by atoms with E-state index in [9.17, 15) is 9.90 Å². The van der Waals surface area contributed by atoms with Crippen LogP contribution in [0, 0.1) is 0 Å². The zero-order valence-electron chi connectivity index (χ0n) is 10.7. The first-order chi connectivity index (χ1) is 8.65. The van der Waals surface area contributed by atoms with Crippen LogP contribution < -0.4 is 5.32 Å². The predicted octanol–water partition coefficient (Wildman–Crippen LogP) is 4.06. The van der Waals surface area contributed by atoms with Crippen molar-refractivity contribution in [3.63, 3.8) is 0 Å². The molecular formula is C14H20BrNO2. The molecule has 0 aromatic heterocycles. The smallest absolute Gasteiger partial charge is 0.238 e. The van der Waals surface area contributed by atoms with Crippen LogP contribution in [-0.4, -0.2) is 15.8 Å². The molecule has 1 aromatic rings. The summed E-state index contributed by atoms with van der Waals surface area (Å²) in [7, 11) is 0. The number of aromatic hydroxyl groups is 1. The highest BCUT2D eigenvalue weighted by molar-refractivity contribution is 9.10. The molecule has 0 spiro atoms. The molecule has 0 bridgehead atoms. The number of amides is 1. The van der Waals surface area contributed by atoms with E-state index in [1.165, 1.54) is 12.8 Å². The maximum Gasteiger partial charge on any atom is 0.238 e. The first-order valence-electron chi connectivity index (χ1n) is 6.38. The molecule has 4 heteroatoms. The Labute approximate surface area is 117 Å². The summed E-state index contributed by atoms with van der Waals surface area (Å²) in [6.45, 7) is 2.16. The van der Waals surface area contributed by atoms with Gasteiger partial charge in [0.2, 0.25) is 5.91 Å². The largest absolute Gasteiger partial charge is 0.506 e. The van der Waals surface area contributed by atoms with Gasteiger partial charge in [-0.1, -0.05) is 60.7 Å². The Kier molecular flexibility index (Phi) is 6.80.